The van der Waals surface area contributed by atoms with Crippen LogP contribution < -0.4 is 5.32 Å². The van der Waals surface area contributed by atoms with Crippen LogP contribution in [-0.4, -0.2) is 68.1 Å². The quantitative estimate of drug-likeness (QED) is 0.669. The summed E-state index contributed by atoms with van der Waals surface area (Å²) in [6.07, 6.45) is 9.58. The maximum absolute atomic E-state index is 13.1. The van der Waals surface area contributed by atoms with Crippen LogP contribution in [0.25, 0.3) is 0 Å². The number of hydrogen-bond acceptors (Lipinski definition) is 4. The van der Waals surface area contributed by atoms with Gasteiger partial charge in [0.05, 0.1) is 12.0 Å². The molecule has 2 aliphatic heterocycles. The molecule has 1 unspecified atom stereocenters. The molecule has 0 radical (unpaired) electrons. The van der Waals surface area contributed by atoms with Crippen molar-refractivity contribution < 1.29 is 14.3 Å². The van der Waals surface area contributed by atoms with Gasteiger partial charge in [-0.2, -0.15) is 0 Å². The Hall–Kier alpha value is -1.40. The average Bonchev–Trinajstić information content (AvgIpc) is 3.18. The molecule has 0 spiro atoms. The molecule has 3 aliphatic rings. The molecule has 26 heavy (non-hydrogen) atoms. The number of allylic oxidation sites excluding steroid dienone is 1. The Balaban J connectivity index is 1.61. The van der Waals surface area contributed by atoms with Crippen molar-refractivity contribution in [3.05, 3.63) is 11.8 Å². The first-order valence-electron chi connectivity index (χ1n) is 10.2. The van der Waals surface area contributed by atoms with Crippen LogP contribution in [-0.2, 0) is 14.3 Å². The largest absolute Gasteiger partial charge is 0.383 e. The fourth-order valence-electron chi connectivity index (χ4n) is 4.63. The van der Waals surface area contributed by atoms with Crippen molar-refractivity contribution in [1.29, 1.82) is 0 Å². The molecule has 1 N–H and O–H groups in total. The van der Waals surface area contributed by atoms with Crippen LogP contribution in [0.1, 0.15) is 51.4 Å². The molecule has 0 bridgehead atoms. The van der Waals surface area contributed by atoms with Gasteiger partial charge < -0.3 is 19.9 Å². The fourth-order valence-corrected chi connectivity index (χ4v) is 4.63. The Morgan fingerprint density at radius 2 is 2.04 bits per heavy atom. The molecular formula is C20H33N3O3. The number of fused-ring (bicyclic) bond motifs is 1. The number of ether oxygens (including phenoxy) is 1. The molecular weight excluding hydrogens is 330 g/mol. The first kappa shape index (κ1) is 19.4. The number of nitrogens with zero attached hydrogens (tertiary/aromatic N) is 2. The van der Waals surface area contributed by atoms with Crippen molar-refractivity contribution in [2.75, 3.05) is 46.4 Å². The van der Waals surface area contributed by atoms with E-state index in [1.165, 1.54) is 25.9 Å². The highest BCUT2D eigenvalue weighted by Crippen LogP contribution is 2.46. The normalized spacial score (nSPS) is 26.6. The van der Waals surface area contributed by atoms with E-state index < -0.39 is 5.41 Å². The first-order chi connectivity index (χ1) is 12.7. The van der Waals surface area contributed by atoms with Crippen LogP contribution in [0.15, 0.2) is 11.8 Å². The first-order valence-corrected chi connectivity index (χ1v) is 10.2. The molecule has 0 aromatic rings. The molecule has 1 atom stereocenters. The van der Waals surface area contributed by atoms with Gasteiger partial charge in [-0.3, -0.25) is 9.59 Å². The zero-order chi connectivity index (χ0) is 18.4. The highest BCUT2D eigenvalue weighted by atomic mass is 16.5. The lowest BCUT2D eigenvalue weighted by atomic mass is 9.69. The second kappa shape index (κ2) is 9.00. The second-order valence-electron chi connectivity index (χ2n) is 7.76. The van der Waals surface area contributed by atoms with Gasteiger partial charge in [0, 0.05) is 32.3 Å². The molecule has 2 fully saturated rings. The van der Waals surface area contributed by atoms with Gasteiger partial charge in [-0.25, -0.2) is 0 Å². The Kier molecular flexibility index (Phi) is 6.70. The number of carbonyl (C=O) groups is 2. The van der Waals surface area contributed by atoms with E-state index in [9.17, 15) is 9.59 Å². The third-order valence-electron chi connectivity index (χ3n) is 6.08. The summed E-state index contributed by atoms with van der Waals surface area (Å²) in [7, 11) is 1.64. The summed E-state index contributed by atoms with van der Waals surface area (Å²) in [4.78, 5) is 29.8. The number of methoxy groups -OCH3 is 1. The molecule has 6 nitrogen and oxygen atoms in total. The third kappa shape index (κ3) is 4.12. The molecule has 2 saturated heterocycles. The molecule has 2 heterocycles. The number of nitrogens with one attached hydrogen (secondary N) is 1. The molecule has 0 aromatic carbocycles. The Morgan fingerprint density at radius 3 is 2.81 bits per heavy atom. The number of amides is 2. The molecule has 0 saturated carbocycles. The van der Waals surface area contributed by atoms with Crippen LogP contribution in [0.2, 0.25) is 0 Å². The van der Waals surface area contributed by atoms with E-state index in [1.54, 1.807) is 12.0 Å². The minimum Gasteiger partial charge on any atom is -0.383 e. The smallest absolute Gasteiger partial charge is 0.232 e. The van der Waals surface area contributed by atoms with Gasteiger partial charge in [-0.15, -0.1) is 0 Å². The minimum absolute atomic E-state index is 0.111. The van der Waals surface area contributed by atoms with E-state index >= 15 is 0 Å². The van der Waals surface area contributed by atoms with Crippen molar-refractivity contribution in [2.45, 2.75) is 51.4 Å². The molecule has 146 valence electrons. The Bertz CT molecular complexity index is 542. The summed E-state index contributed by atoms with van der Waals surface area (Å²) in [6.45, 7) is 5.20. The fraction of sp³-hybridized carbons (Fsp3) is 0.800. The third-order valence-corrected chi connectivity index (χ3v) is 6.08. The molecule has 6 heteroatoms. The Morgan fingerprint density at radius 1 is 1.23 bits per heavy atom. The van der Waals surface area contributed by atoms with Crippen LogP contribution in [0.3, 0.4) is 0 Å². The van der Waals surface area contributed by atoms with E-state index in [-0.39, 0.29) is 11.8 Å². The van der Waals surface area contributed by atoms with Crippen molar-refractivity contribution in [3.8, 4) is 0 Å². The molecule has 2 amide bonds. The summed E-state index contributed by atoms with van der Waals surface area (Å²) >= 11 is 0. The van der Waals surface area contributed by atoms with E-state index in [2.05, 4.69) is 16.3 Å². The lowest BCUT2D eigenvalue weighted by Gasteiger charge is -2.46. The monoisotopic (exact) mass is 363 g/mol. The number of piperidine rings is 1. The van der Waals surface area contributed by atoms with Crippen LogP contribution in [0.5, 0.6) is 0 Å². The highest BCUT2D eigenvalue weighted by Gasteiger charge is 2.49. The zero-order valence-electron chi connectivity index (χ0n) is 16.1. The van der Waals surface area contributed by atoms with Gasteiger partial charge >= 0.3 is 0 Å². The van der Waals surface area contributed by atoms with Gasteiger partial charge in [-0.05, 0) is 64.6 Å². The van der Waals surface area contributed by atoms with Gasteiger partial charge in [0.15, 0.2) is 0 Å². The van der Waals surface area contributed by atoms with E-state index in [0.29, 0.717) is 26.0 Å². The van der Waals surface area contributed by atoms with Crippen molar-refractivity contribution in [1.82, 2.24) is 15.1 Å². The van der Waals surface area contributed by atoms with E-state index in [4.69, 9.17) is 4.74 Å². The summed E-state index contributed by atoms with van der Waals surface area (Å²) in [5.41, 5.74) is 0.405. The number of likely N-dealkylation sites (tertiary alicyclic amines) is 2. The van der Waals surface area contributed by atoms with Gasteiger partial charge in [0.1, 0.15) is 0 Å². The van der Waals surface area contributed by atoms with E-state index in [0.717, 1.165) is 44.5 Å². The summed E-state index contributed by atoms with van der Waals surface area (Å²) < 4.78 is 5.17. The van der Waals surface area contributed by atoms with Crippen molar-refractivity contribution in [3.63, 3.8) is 0 Å². The minimum atomic E-state index is -0.520. The summed E-state index contributed by atoms with van der Waals surface area (Å²) in [5.74, 6) is 0.229. The predicted molar refractivity (Wildman–Crippen MR) is 100 cm³/mol. The van der Waals surface area contributed by atoms with Crippen LogP contribution >= 0.6 is 0 Å². The highest BCUT2D eigenvalue weighted by molar-refractivity contribution is 5.91. The lowest BCUT2D eigenvalue weighted by molar-refractivity contribution is -0.141. The standard InChI is InChI=1S/C20H33N3O3/c1-26-16-15-23-17-7-2-3-9-20(17,10-8-18(23)24)19(25)21-11-6-14-22-12-4-5-13-22/h7H,2-6,8-16H2,1H3,(H,21,25). The number of rotatable bonds is 8. The SMILES string of the molecule is COCCN1C(=O)CCC2(C(=O)NCCCN3CCCC3)CCCC=C12. The van der Waals surface area contributed by atoms with Crippen LogP contribution in [0, 0.1) is 5.41 Å². The maximum Gasteiger partial charge on any atom is 0.232 e. The number of hydrogen-bond donors (Lipinski definition) is 1. The lowest BCUT2D eigenvalue weighted by Crippen LogP contribution is -2.53. The van der Waals surface area contributed by atoms with Gasteiger partial charge in [0.25, 0.3) is 0 Å². The van der Waals surface area contributed by atoms with Crippen molar-refractivity contribution >= 4 is 11.8 Å². The number of carbonyl (C=O) groups excluding carboxylic acids is 2. The van der Waals surface area contributed by atoms with Gasteiger partial charge in [-0.1, -0.05) is 6.08 Å². The summed E-state index contributed by atoms with van der Waals surface area (Å²) in [6, 6.07) is 0. The Labute approximate surface area is 156 Å². The predicted octanol–water partition coefficient (Wildman–Crippen LogP) is 1.91. The topological polar surface area (TPSA) is 61.9 Å². The van der Waals surface area contributed by atoms with Crippen molar-refractivity contribution in [2.24, 2.45) is 5.41 Å². The van der Waals surface area contributed by atoms with E-state index in [1.807, 2.05) is 0 Å². The zero-order valence-corrected chi connectivity index (χ0v) is 16.1. The average molecular weight is 364 g/mol. The summed E-state index contributed by atoms with van der Waals surface area (Å²) in [5, 5.41) is 3.18. The molecule has 3 rings (SSSR count). The second-order valence-corrected chi connectivity index (χ2v) is 7.76. The molecule has 1 aliphatic carbocycles. The van der Waals surface area contributed by atoms with Gasteiger partial charge in [0.2, 0.25) is 11.8 Å². The maximum atomic E-state index is 13.1. The molecule has 0 aromatic heterocycles. The van der Waals surface area contributed by atoms with Crippen LogP contribution in [0.4, 0.5) is 0 Å².